The minimum atomic E-state index is 0.570. The largest absolute Gasteiger partial charge is 0.378 e. The quantitative estimate of drug-likeness (QED) is 0.664. The molecule has 2 nitrogen and oxygen atoms in total. The fourth-order valence-corrected chi connectivity index (χ4v) is 2.68. The van der Waals surface area contributed by atoms with Crippen molar-refractivity contribution < 1.29 is 4.74 Å². The summed E-state index contributed by atoms with van der Waals surface area (Å²) in [5.41, 5.74) is 0. The van der Waals surface area contributed by atoms with Crippen LogP contribution in [0.4, 0.5) is 0 Å². The monoisotopic (exact) mass is 241 g/mol. The first-order chi connectivity index (χ1) is 8.22. The van der Waals surface area contributed by atoms with Gasteiger partial charge in [-0.2, -0.15) is 0 Å². The Balaban J connectivity index is 2.12. The molecule has 1 N–H and O–H groups in total. The molecule has 0 aromatic carbocycles. The molecule has 1 heterocycles. The van der Waals surface area contributed by atoms with E-state index in [9.17, 15) is 0 Å². The minimum absolute atomic E-state index is 0.570. The van der Waals surface area contributed by atoms with Gasteiger partial charge in [0.2, 0.25) is 0 Å². The Labute approximate surface area is 108 Å². The topological polar surface area (TPSA) is 21.3 Å². The molecule has 0 aromatic heterocycles. The van der Waals surface area contributed by atoms with E-state index in [1.807, 2.05) is 0 Å². The van der Waals surface area contributed by atoms with Crippen molar-refractivity contribution in [1.82, 2.24) is 5.32 Å². The first kappa shape index (κ1) is 15.0. The van der Waals surface area contributed by atoms with Crippen LogP contribution in [0.5, 0.6) is 0 Å². The maximum absolute atomic E-state index is 5.68. The Morgan fingerprint density at radius 1 is 1.35 bits per heavy atom. The van der Waals surface area contributed by atoms with Crippen LogP contribution >= 0.6 is 0 Å². The van der Waals surface area contributed by atoms with E-state index in [1.165, 1.54) is 44.9 Å². The molecule has 1 saturated heterocycles. The highest BCUT2D eigenvalue weighted by molar-refractivity contribution is 4.71. The highest BCUT2D eigenvalue weighted by Crippen LogP contribution is 2.19. The third-order valence-corrected chi connectivity index (χ3v) is 3.54. The fourth-order valence-electron chi connectivity index (χ4n) is 2.68. The zero-order valence-electron chi connectivity index (χ0n) is 12.0. The van der Waals surface area contributed by atoms with E-state index in [0.29, 0.717) is 6.10 Å². The lowest BCUT2D eigenvalue weighted by molar-refractivity contribution is 0.101. The predicted octanol–water partition coefficient (Wildman–Crippen LogP) is 3.75. The van der Waals surface area contributed by atoms with Gasteiger partial charge in [0.25, 0.3) is 0 Å². The van der Waals surface area contributed by atoms with Crippen LogP contribution in [0.1, 0.15) is 65.7 Å². The van der Waals surface area contributed by atoms with Crippen LogP contribution in [-0.4, -0.2) is 25.3 Å². The molecular formula is C15H31NO. The van der Waals surface area contributed by atoms with Crippen molar-refractivity contribution in [1.29, 1.82) is 0 Å². The first-order valence-corrected chi connectivity index (χ1v) is 7.57. The summed E-state index contributed by atoms with van der Waals surface area (Å²) in [7, 11) is 0. The molecule has 0 radical (unpaired) electrons. The average molecular weight is 241 g/mol. The van der Waals surface area contributed by atoms with Crippen molar-refractivity contribution >= 4 is 0 Å². The van der Waals surface area contributed by atoms with Gasteiger partial charge in [0.05, 0.1) is 6.10 Å². The Morgan fingerprint density at radius 3 is 2.76 bits per heavy atom. The number of nitrogens with one attached hydrogen (secondary N) is 1. The number of hydrogen-bond donors (Lipinski definition) is 1. The van der Waals surface area contributed by atoms with Crippen molar-refractivity contribution in [2.75, 3.05) is 13.2 Å². The maximum atomic E-state index is 5.68. The molecule has 2 heteroatoms. The molecule has 2 atom stereocenters. The summed E-state index contributed by atoms with van der Waals surface area (Å²) in [6.07, 6.45) is 9.58. The molecule has 2 unspecified atom stereocenters. The van der Waals surface area contributed by atoms with Crippen LogP contribution in [0.2, 0.25) is 0 Å². The third-order valence-electron chi connectivity index (χ3n) is 3.54. The minimum Gasteiger partial charge on any atom is -0.378 e. The summed E-state index contributed by atoms with van der Waals surface area (Å²) < 4.78 is 5.68. The molecule has 17 heavy (non-hydrogen) atoms. The van der Waals surface area contributed by atoms with Crippen LogP contribution in [0.25, 0.3) is 0 Å². The number of ether oxygens (including phenoxy) is 1. The van der Waals surface area contributed by atoms with E-state index in [4.69, 9.17) is 4.74 Å². The zero-order chi connectivity index (χ0) is 12.5. The van der Waals surface area contributed by atoms with Gasteiger partial charge in [-0.15, -0.1) is 0 Å². The molecule has 0 saturated carbocycles. The number of hydrogen-bond acceptors (Lipinski definition) is 2. The van der Waals surface area contributed by atoms with E-state index < -0.39 is 0 Å². The van der Waals surface area contributed by atoms with Gasteiger partial charge in [0, 0.05) is 12.6 Å². The second-order valence-electron chi connectivity index (χ2n) is 5.85. The van der Waals surface area contributed by atoms with Crippen molar-refractivity contribution in [2.24, 2.45) is 5.92 Å². The SMILES string of the molecule is CCCNC(CCCC1CCCO1)CC(C)C. The molecule has 0 spiro atoms. The molecule has 0 bridgehead atoms. The molecule has 1 fully saturated rings. The van der Waals surface area contributed by atoms with Crippen LogP contribution in [0, 0.1) is 5.92 Å². The zero-order valence-corrected chi connectivity index (χ0v) is 12.0. The summed E-state index contributed by atoms with van der Waals surface area (Å²) in [5.74, 6) is 0.798. The molecule has 0 amide bonds. The molecule has 1 aliphatic rings. The van der Waals surface area contributed by atoms with E-state index >= 15 is 0 Å². The molecule has 0 aromatic rings. The van der Waals surface area contributed by atoms with Crippen LogP contribution in [-0.2, 0) is 4.74 Å². The Morgan fingerprint density at radius 2 is 2.18 bits per heavy atom. The van der Waals surface area contributed by atoms with Crippen molar-refractivity contribution in [3.8, 4) is 0 Å². The van der Waals surface area contributed by atoms with Gasteiger partial charge in [-0.3, -0.25) is 0 Å². The van der Waals surface area contributed by atoms with Gasteiger partial charge >= 0.3 is 0 Å². The summed E-state index contributed by atoms with van der Waals surface area (Å²) in [4.78, 5) is 0. The normalized spacial score (nSPS) is 22.2. The molecule has 102 valence electrons. The highest BCUT2D eigenvalue weighted by atomic mass is 16.5. The lowest BCUT2D eigenvalue weighted by atomic mass is 9.97. The van der Waals surface area contributed by atoms with Gasteiger partial charge in [-0.05, 0) is 57.4 Å². The van der Waals surface area contributed by atoms with Gasteiger partial charge in [-0.25, -0.2) is 0 Å². The van der Waals surface area contributed by atoms with Gasteiger partial charge in [0.1, 0.15) is 0 Å². The lowest BCUT2D eigenvalue weighted by Gasteiger charge is -2.21. The highest BCUT2D eigenvalue weighted by Gasteiger charge is 2.16. The van der Waals surface area contributed by atoms with E-state index in [2.05, 4.69) is 26.1 Å². The van der Waals surface area contributed by atoms with Gasteiger partial charge in [-0.1, -0.05) is 20.8 Å². The summed E-state index contributed by atoms with van der Waals surface area (Å²) in [5, 5.41) is 3.69. The summed E-state index contributed by atoms with van der Waals surface area (Å²) >= 11 is 0. The Hall–Kier alpha value is -0.0800. The van der Waals surface area contributed by atoms with Crippen LogP contribution in [0.15, 0.2) is 0 Å². The van der Waals surface area contributed by atoms with E-state index in [0.717, 1.165) is 25.1 Å². The standard InChI is InChI=1S/C15H31NO/c1-4-10-16-14(12-13(2)3)7-5-8-15-9-6-11-17-15/h13-16H,4-12H2,1-3H3. The lowest BCUT2D eigenvalue weighted by Crippen LogP contribution is -2.31. The predicted molar refractivity (Wildman–Crippen MR) is 74.4 cm³/mol. The molecule has 1 rings (SSSR count). The van der Waals surface area contributed by atoms with Crippen molar-refractivity contribution in [2.45, 2.75) is 77.9 Å². The average Bonchev–Trinajstić information content (AvgIpc) is 2.78. The Bertz CT molecular complexity index is 176. The molecular weight excluding hydrogens is 210 g/mol. The van der Waals surface area contributed by atoms with Crippen LogP contribution < -0.4 is 5.32 Å². The summed E-state index contributed by atoms with van der Waals surface area (Å²) in [6, 6.07) is 0.719. The molecule has 1 aliphatic heterocycles. The second-order valence-corrected chi connectivity index (χ2v) is 5.85. The smallest absolute Gasteiger partial charge is 0.0576 e. The van der Waals surface area contributed by atoms with Crippen molar-refractivity contribution in [3.05, 3.63) is 0 Å². The number of rotatable bonds is 9. The van der Waals surface area contributed by atoms with Gasteiger partial charge in [0.15, 0.2) is 0 Å². The van der Waals surface area contributed by atoms with E-state index in [1.54, 1.807) is 0 Å². The third kappa shape index (κ3) is 7.05. The maximum Gasteiger partial charge on any atom is 0.0576 e. The first-order valence-electron chi connectivity index (χ1n) is 7.57. The van der Waals surface area contributed by atoms with Gasteiger partial charge < -0.3 is 10.1 Å². The van der Waals surface area contributed by atoms with Crippen LogP contribution in [0.3, 0.4) is 0 Å². The van der Waals surface area contributed by atoms with Crippen molar-refractivity contribution in [3.63, 3.8) is 0 Å². The molecule has 0 aliphatic carbocycles. The Kier molecular flexibility index (Phi) is 7.87. The summed E-state index contributed by atoms with van der Waals surface area (Å²) in [6.45, 7) is 9.04. The second kappa shape index (κ2) is 8.93. The fraction of sp³-hybridized carbons (Fsp3) is 1.00. The van der Waals surface area contributed by atoms with E-state index in [-0.39, 0.29) is 0 Å².